The summed E-state index contributed by atoms with van der Waals surface area (Å²) in [5, 5.41) is 23.8. The number of hydrogen-bond donors (Lipinski definition) is 4. The summed E-state index contributed by atoms with van der Waals surface area (Å²) in [5.41, 5.74) is 1.15. The monoisotopic (exact) mass is 539 g/mol. The smallest absolute Gasteiger partial charge is 0.269 e. The molecule has 1 atom stereocenters. The van der Waals surface area contributed by atoms with E-state index in [9.17, 15) is 13.6 Å². The number of nitrogens with zero attached hydrogens (tertiary/aromatic N) is 1. The van der Waals surface area contributed by atoms with Gasteiger partial charge in [0.05, 0.1) is 11.6 Å². The van der Waals surface area contributed by atoms with Gasteiger partial charge in [0.1, 0.15) is 5.71 Å². The largest absolute Gasteiger partial charge is 0.382 e. The summed E-state index contributed by atoms with van der Waals surface area (Å²) >= 11 is 7.71. The fourth-order valence-corrected chi connectivity index (χ4v) is 5.35. The van der Waals surface area contributed by atoms with Gasteiger partial charge in [-0.2, -0.15) is 0 Å². The number of halogens is 3. The molecule has 0 spiro atoms. The molecule has 0 aromatic heterocycles. The molecule has 1 aliphatic carbocycles. The molecule has 4 N–H and O–H groups in total. The Balaban J connectivity index is 1.69. The van der Waals surface area contributed by atoms with Crippen LogP contribution in [0.1, 0.15) is 56.9 Å². The highest BCUT2D eigenvalue weighted by Gasteiger charge is 2.35. The minimum Gasteiger partial charge on any atom is -0.382 e. The molecule has 0 radical (unpaired) electrons. The van der Waals surface area contributed by atoms with E-state index in [1.807, 2.05) is 18.2 Å². The molecule has 36 heavy (non-hydrogen) atoms. The first-order valence-electron chi connectivity index (χ1n) is 12.5. The third-order valence-corrected chi connectivity index (χ3v) is 7.68. The van der Waals surface area contributed by atoms with Crippen molar-refractivity contribution in [3.63, 3.8) is 0 Å². The molecular formula is C26H36ClF2N5OS. The van der Waals surface area contributed by atoms with Crippen LogP contribution in [-0.4, -0.2) is 65.5 Å². The number of alkyl halides is 2. The highest BCUT2D eigenvalue weighted by molar-refractivity contribution is 8.13. The molecule has 3 rings (SSSR count). The lowest BCUT2D eigenvalue weighted by Gasteiger charge is -2.33. The summed E-state index contributed by atoms with van der Waals surface area (Å²) in [5.74, 6) is -3.24. The number of hydrogen-bond acceptors (Lipinski definition) is 6. The Kier molecular flexibility index (Phi) is 10.8. The van der Waals surface area contributed by atoms with Gasteiger partial charge in [-0.05, 0) is 50.6 Å². The van der Waals surface area contributed by atoms with E-state index in [0.717, 1.165) is 31.2 Å². The summed E-state index contributed by atoms with van der Waals surface area (Å²) in [6, 6.07) is 7.18. The van der Waals surface area contributed by atoms with Crippen molar-refractivity contribution in [3.8, 4) is 0 Å². The molecule has 1 unspecified atom stereocenters. The lowest BCUT2D eigenvalue weighted by Crippen LogP contribution is -2.46. The second kappa shape index (κ2) is 13.5. The number of amides is 1. The molecule has 1 aromatic carbocycles. The van der Waals surface area contributed by atoms with Crippen LogP contribution >= 0.6 is 23.4 Å². The zero-order valence-corrected chi connectivity index (χ0v) is 22.3. The number of rotatable bonds is 11. The van der Waals surface area contributed by atoms with Gasteiger partial charge in [0, 0.05) is 47.8 Å². The van der Waals surface area contributed by atoms with Crippen molar-refractivity contribution < 1.29 is 13.6 Å². The van der Waals surface area contributed by atoms with E-state index < -0.39 is 17.9 Å². The van der Waals surface area contributed by atoms with Gasteiger partial charge in [-0.1, -0.05) is 42.6 Å². The van der Waals surface area contributed by atoms with Gasteiger partial charge in [0.2, 0.25) is 0 Å². The predicted octanol–water partition coefficient (Wildman–Crippen LogP) is 5.57. The Hall–Kier alpha value is -1.97. The quantitative estimate of drug-likeness (QED) is 0.218. The topological polar surface area (TPSA) is 92.1 Å². The summed E-state index contributed by atoms with van der Waals surface area (Å²) in [6.45, 7) is 0.725. The van der Waals surface area contributed by atoms with E-state index in [2.05, 4.69) is 10.6 Å². The Labute approximate surface area is 221 Å². The van der Waals surface area contributed by atoms with Crippen LogP contribution in [0.3, 0.4) is 0 Å². The van der Waals surface area contributed by atoms with E-state index in [1.165, 1.54) is 17.8 Å². The molecule has 1 saturated heterocycles. The number of carbonyl (C=O) groups is 1. The summed E-state index contributed by atoms with van der Waals surface area (Å²) in [4.78, 5) is 14.7. The third-order valence-electron chi connectivity index (χ3n) is 6.69. The Morgan fingerprint density at radius 3 is 2.67 bits per heavy atom. The minimum absolute atomic E-state index is 0.0903. The standard InChI is InChI=1S/C26H36ClF2N5OS/c1-36-24(31)15-19(11-14-34-13-6-12-26(28,29)17-34)33-25(35)22(30)16-23(32-18-7-2-3-8-18)20-9-4-5-10-21(20)27/h4-5,9-10,16,18-19,30-32H,2-3,6-8,11-15,17H2,1H3,(H,33,35)/b23-16-,30-22?,31-24?. The van der Waals surface area contributed by atoms with Gasteiger partial charge < -0.3 is 10.6 Å². The Morgan fingerprint density at radius 1 is 1.28 bits per heavy atom. The zero-order chi connectivity index (χ0) is 26.1. The van der Waals surface area contributed by atoms with Crippen molar-refractivity contribution in [2.75, 3.05) is 25.9 Å². The lowest BCUT2D eigenvalue weighted by molar-refractivity contribution is -0.115. The maximum Gasteiger partial charge on any atom is 0.269 e. The molecule has 0 bridgehead atoms. The number of likely N-dealkylation sites (tertiary alicyclic amines) is 1. The molecule has 1 amide bonds. The van der Waals surface area contributed by atoms with Crippen molar-refractivity contribution >= 4 is 45.7 Å². The van der Waals surface area contributed by atoms with E-state index in [-0.39, 0.29) is 24.7 Å². The first-order chi connectivity index (χ1) is 17.2. The second-order valence-corrected chi connectivity index (χ2v) is 10.9. The molecule has 1 heterocycles. The predicted molar refractivity (Wildman–Crippen MR) is 146 cm³/mol. The molecule has 6 nitrogen and oxygen atoms in total. The molecule has 1 aromatic rings. The van der Waals surface area contributed by atoms with Gasteiger partial charge >= 0.3 is 0 Å². The van der Waals surface area contributed by atoms with Crippen molar-refractivity contribution in [2.24, 2.45) is 0 Å². The van der Waals surface area contributed by atoms with Gasteiger partial charge in [-0.3, -0.25) is 20.5 Å². The van der Waals surface area contributed by atoms with Crippen LogP contribution in [0.25, 0.3) is 5.70 Å². The zero-order valence-electron chi connectivity index (χ0n) is 20.7. The van der Waals surface area contributed by atoms with Crippen LogP contribution in [0.15, 0.2) is 30.3 Å². The Bertz CT molecular complexity index is 967. The van der Waals surface area contributed by atoms with Crippen molar-refractivity contribution in [3.05, 3.63) is 40.9 Å². The molecule has 2 fully saturated rings. The molecule has 198 valence electrons. The lowest BCUT2D eigenvalue weighted by atomic mass is 10.0. The first-order valence-corrected chi connectivity index (χ1v) is 14.1. The van der Waals surface area contributed by atoms with Crippen LogP contribution in [0.4, 0.5) is 8.78 Å². The van der Waals surface area contributed by atoms with Gasteiger partial charge in [-0.15, -0.1) is 11.8 Å². The van der Waals surface area contributed by atoms with E-state index in [1.54, 1.807) is 17.2 Å². The van der Waals surface area contributed by atoms with Crippen molar-refractivity contribution in [2.45, 2.75) is 69.4 Å². The average Bonchev–Trinajstić information content (AvgIpc) is 3.35. The van der Waals surface area contributed by atoms with E-state index in [4.69, 9.17) is 22.4 Å². The molecule has 1 aliphatic heterocycles. The van der Waals surface area contributed by atoms with Crippen molar-refractivity contribution in [1.29, 1.82) is 10.8 Å². The average molecular weight is 540 g/mol. The normalized spacial score (nSPS) is 19.6. The van der Waals surface area contributed by atoms with E-state index >= 15 is 0 Å². The fraction of sp³-hybridized carbons (Fsp3) is 0.577. The van der Waals surface area contributed by atoms with Crippen LogP contribution in [-0.2, 0) is 4.79 Å². The maximum absolute atomic E-state index is 13.8. The molecule has 1 saturated carbocycles. The second-order valence-electron chi connectivity index (χ2n) is 9.60. The highest BCUT2D eigenvalue weighted by atomic mass is 35.5. The number of piperidine rings is 1. The SMILES string of the molecule is CSC(=N)CC(CCN1CCCC(F)(F)C1)NC(=O)C(=N)/C=C(\NC1CCCC1)c1ccccc1Cl. The molecule has 2 aliphatic rings. The number of thioether (sulfide) groups is 1. The third kappa shape index (κ3) is 8.85. The van der Waals surface area contributed by atoms with Crippen LogP contribution < -0.4 is 10.6 Å². The summed E-state index contributed by atoms with van der Waals surface area (Å²) in [7, 11) is 0. The minimum atomic E-state index is -2.68. The molecular weight excluding hydrogens is 504 g/mol. The highest BCUT2D eigenvalue weighted by Crippen LogP contribution is 2.27. The van der Waals surface area contributed by atoms with Gasteiger partial charge in [0.25, 0.3) is 11.8 Å². The van der Waals surface area contributed by atoms with Crippen LogP contribution in [0, 0.1) is 10.8 Å². The van der Waals surface area contributed by atoms with Gasteiger partial charge in [0.15, 0.2) is 0 Å². The van der Waals surface area contributed by atoms with E-state index in [0.29, 0.717) is 48.1 Å². The maximum atomic E-state index is 13.8. The fourth-order valence-electron chi connectivity index (χ4n) is 4.75. The number of carbonyl (C=O) groups excluding carboxylic acids is 1. The summed E-state index contributed by atoms with van der Waals surface area (Å²) < 4.78 is 27.6. The number of benzene rings is 1. The van der Waals surface area contributed by atoms with Crippen LogP contribution in [0.5, 0.6) is 0 Å². The number of nitrogens with one attached hydrogen (secondary N) is 4. The summed E-state index contributed by atoms with van der Waals surface area (Å²) in [6.07, 6.45) is 8.70. The van der Waals surface area contributed by atoms with Crippen LogP contribution in [0.2, 0.25) is 5.02 Å². The van der Waals surface area contributed by atoms with Gasteiger partial charge in [-0.25, -0.2) is 8.78 Å². The first kappa shape index (κ1) is 28.6. The Morgan fingerprint density at radius 2 is 2.00 bits per heavy atom. The van der Waals surface area contributed by atoms with Crippen molar-refractivity contribution in [1.82, 2.24) is 15.5 Å². The molecule has 10 heteroatoms.